The lowest BCUT2D eigenvalue weighted by molar-refractivity contribution is -0.135. The standard InChI is InChI=1S/C23H26N4O3/c1-25-21-17(22(29)26(2)23(25)30)12-13-18(24-21)19-10-6-7-15-27(19)20(28)14-11-16-8-4-3-5-9-16/h3-5,8-9,12-13,19H,6-7,10-11,14-15H2,1-2H3/t19-/m1/s1. The monoisotopic (exact) mass is 406 g/mol. The van der Waals surface area contributed by atoms with Crippen LogP contribution in [0.4, 0.5) is 0 Å². The van der Waals surface area contributed by atoms with E-state index in [-0.39, 0.29) is 17.5 Å². The summed E-state index contributed by atoms with van der Waals surface area (Å²) in [5.74, 6) is 0.114. The van der Waals surface area contributed by atoms with Crippen molar-refractivity contribution >= 4 is 16.9 Å². The Labute approximate surface area is 174 Å². The van der Waals surface area contributed by atoms with Crippen LogP contribution in [0.1, 0.15) is 43.0 Å². The largest absolute Gasteiger partial charge is 0.334 e. The van der Waals surface area contributed by atoms with Gasteiger partial charge in [-0.05, 0) is 43.4 Å². The summed E-state index contributed by atoms with van der Waals surface area (Å²) < 4.78 is 2.48. The highest BCUT2D eigenvalue weighted by Gasteiger charge is 2.29. The van der Waals surface area contributed by atoms with Crippen molar-refractivity contribution < 1.29 is 4.79 Å². The first-order chi connectivity index (χ1) is 14.5. The maximum Gasteiger partial charge on any atom is 0.332 e. The van der Waals surface area contributed by atoms with Crippen LogP contribution in [0.15, 0.2) is 52.1 Å². The van der Waals surface area contributed by atoms with E-state index < -0.39 is 5.69 Å². The van der Waals surface area contributed by atoms with Gasteiger partial charge in [-0.2, -0.15) is 0 Å². The Morgan fingerprint density at radius 1 is 1.03 bits per heavy atom. The van der Waals surface area contributed by atoms with E-state index in [0.717, 1.165) is 35.1 Å². The second-order valence-corrected chi connectivity index (χ2v) is 7.90. The fourth-order valence-corrected chi connectivity index (χ4v) is 4.23. The number of rotatable bonds is 4. The van der Waals surface area contributed by atoms with Crippen molar-refractivity contribution in [2.75, 3.05) is 6.54 Å². The molecule has 1 atom stereocenters. The number of aromatic nitrogens is 3. The molecule has 0 unspecified atom stereocenters. The molecule has 0 aliphatic carbocycles. The Morgan fingerprint density at radius 3 is 2.57 bits per heavy atom. The number of amides is 1. The quantitative estimate of drug-likeness (QED) is 0.666. The van der Waals surface area contributed by atoms with Crippen molar-refractivity contribution in [2.24, 2.45) is 14.1 Å². The molecular formula is C23H26N4O3. The topological polar surface area (TPSA) is 77.2 Å². The average Bonchev–Trinajstić information content (AvgIpc) is 2.80. The van der Waals surface area contributed by atoms with Crippen LogP contribution in [0.5, 0.6) is 0 Å². The predicted molar refractivity (Wildman–Crippen MR) is 115 cm³/mol. The van der Waals surface area contributed by atoms with Gasteiger partial charge in [0.15, 0.2) is 0 Å². The van der Waals surface area contributed by atoms with Crippen LogP contribution >= 0.6 is 0 Å². The molecule has 0 bridgehead atoms. The van der Waals surface area contributed by atoms with Gasteiger partial charge in [0.25, 0.3) is 5.56 Å². The van der Waals surface area contributed by atoms with Gasteiger partial charge in [0.1, 0.15) is 5.65 Å². The minimum atomic E-state index is -0.406. The fourth-order valence-electron chi connectivity index (χ4n) is 4.23. The molecular weight excluding hydrogens is 380 g/mol. The summed E-state index contributed by atoms with van der Waals surface area (Å²) in [5, 5.41) is 0.404. The minimum Gasteiger partial charge on any atom is -0.334 e. The molecule has 0 N–H and O–H groups in total. The number of benzene rings is 1. The summed E-state index contributed by atoms with van der Waals surface area (Å²) in [7, 11) is 3.08. The van der Waals surface area contributed by atoms with E-state index >= 15 is 0 Å². The Morgan fingerprint density at radius 2 is 1.80 bits per heavy atom. The third-order valence-electron chi connectivity index (χ3n) is 5.96. The first kappa shape index (κ1) is 20.1. The van der Waals surface area contributed by atoms with Gasteiger partial charge in [0.2, 0.25) is 5.91 Å². The van der Waals surface area contributed by atoms with Crippen molar-refractivity contribution in [1.29, 1.82) is 0 Å². The van der Waals surface area contributed by atoms with Crippen LogP contribution in [0.2, 0.25) is 0 Å². The van der Waals surface area contributed by atoms with E-state index in [1.165, 1.54) is 11.6 Å². The summed E-state index contributed by atoms with van der Waals surface area (Å²) in [4.78, 5) is 44.3. The minimum absolute atomic E-state index is 0.114. The Balaban J connectivity index is 1.64. The summed E-state index contributed by atoms with van der Waals surface area (Å²) in [6, 6.07) is 13.4. The number of hydrogen-bond donors (Lipinski definition) is 0. The molecule has 0 spiro atoms. The molecule has 0 radical (unpaired) electrons. The molecule has 1 fully saturated rings. The number of pyridine rings is 1. The van der Waals surface area contributed by atoms with Gasteiger partial charge in [0, 0.05) is 27.1 Å². The maximum absolute atomic E-state index is 13.0. The molecule has 156 valence electrons. The third-order valence-corrected chi connectivity index (χ3v) is 5.96. The van der Waals surface area contributed by atoms with E-state index in [4.69, 9.17) is 0 Å². The SMILES string of the molecule is Cn1c(=O)c2ccc([C@H]3CCCCN3C(=O)CCc3ccccc3)nc2n(C)c1=O. The Bertz CT molecular complexity index is 1200. The van der Waals surface area contributed by atoms with Crippen molar-refractivity contribution in [3.8, 4) is 0 Å². The van der Waals surface area contributed by atoms with Gasteiger partial charge in [-0.15, -0.1) is 0 Å². The van der Waals surface area contributed by atoms with Gasteiger partial charge >= 0.3 is 5.69 Å². The van der Waals surface area contributed by atoms with Crippen LogP contribution in [-0.2, 0) is 25.3 Å². The van der Waals surface area contributed by atoms with Gasteiger partial charge in [-0.1, -0.05) is 30.3 Å². The zero-order chi connectivity index (χ0) is 21.3. The lowest BCUT2D eigenvalue weighted by Crippen LogP contribution is -2.40. The second-order valence-electron chi connectivity index (χ2n) is 7.90. The number of nitrogens with zero attached hydrogens (tertiary/aromatic N) is 4. The van der Waals surface area contributed by atoms with E-state index in [1.807, 2.05) is 41.3 Å². The molecule has 1 amide bonds. The number of carbonyl (C=O) groups is 1. The van der Waals surface area contributed by atoms with Crippen LogP contribution in [-0.4, -0.2) is 31.5 Å². The number of fused-ring (bicyclic) bond motifs is 1. The highest BCUT2D eigenvalue weighted by Crippen LogP contribution is 2.31. The number of aryl methyl sites for hydroxylation is 2. The summed E-state index contributed by atoms with van der Waals surface area (Å²) >= 11 is 0. The molecule has 2 aromatic heterocycles. The number of likely N-dealkylation sites (tertiary alicyclic amines) is 1. The maximum atomic E-state index is 13.0. The molecule has 7 heteroatoms. The number of hydrogen-bond acceptors (Lipinski definition) is 4. The zero-order valence-electron chi connectivity index (χ0n) is 17.4. The second kappa shape index (κ2) is 8.26. The first-order valence-corrected chi connectivity index (χ1v) is 10.4. The van der Waals surface area contributed by atoms with Crippen LogP contribution in [0.3, 0.4) is 0 Å². The first-order valence-electron chi connectivity index (χ1n) is 10.4. The van der Waals surface area contributed by atoms with Gasteiger partial charge in [-0.3, -0.25) is 18.7 Å². The molecule has 0 saturated carbocycles. The smallest absolute Gasteiger partial charge is 0.332 e. The van der Waals surface area contributed by atoms with Crippen molar-refractivity contribution in [3.05, 3.63) is 74.6 Å². The zero-order valence-corrected chi connectivity index (χ0v) is 17.4. The normalized spacial score (nSPS) is 16.7. The van der Waals surface area contributed by atoms with Gasteiger partial charge < -0.3 is 4.90 Å². The Hall–Kier alpha value is -3.22. The van der Waals surface area contributed by atoms with Crippen LogP contribution in [0.25, 0.3) is 11.0 Å². The third kappa shape index (κ3) is 3.67. The van der Waals surface area contributed by atoms with Crippen molar-refractivity contribution in [3.63, 3.8) is 0 Å². The van der Waals surface area contributed by atoms with Crippen molar-refractivity contribution in [1.82, 2.24) is 19.0 Å². The van der Waals surface area contributed by atoms with Gasteiger partial charge in [0.05, 0.1) is 17.1 Å². The van der Waals surface area contributed by atoms with E-state index in [9.17, 15) is 14.4 Å². The summed E-state index contributed by atoms with van der Waals surface area (Å²) in [6.07, 6.45) is 3.97. The molecule has 1 aliphatic heterocycles. The van der Waals surface area contributed by atoms with Crippen molar-refractivity contribution in [2.45, 2.75) is 38.1 Å². The molecule has 1 saturated heterocycles. The number of carbonyl (C=O) groups excluding carboxylic acids is 1. The molecule has 3 heterocycles. The average molecular weight is 406 g/mol. The summed E-state index contributed by atoms with van der Waals surface area (Å²) in [6.45, 7) is 0.702. The van der Waals surface area contributed by atoms with E-state index in [2.05, 4.69) is 4.98 Å². The highest BCUT2D eigenvalue weighted by molar-refractivity contribution is 5.77. The molecule has 4 rings (SSSR count). The Kier molecular flexibility index (Phi) is 5.53. The number of piperidine rings is 1. The molecule has 30 heavy (non-hydrogen) atoms. The van der Waals surface area contributed by atoms with Crippen LogP contribution in [0, 0.1) is 0 Å². The molecule has 1 aromatic carbocycles. The summed E-state index contributed by atoms with van der Waals surface area (Å²) in [5.41, 5.74) is 1.48. The van der Waals surface area contributed by atoms with Crippen LogP contribution < -0.4 is 11.2 Å². The van der Waals surface area contributed by atoms with Gasteiger partial charge in [-0.25, -0.2) is 9.78 Å². The molecule has 1 aliphatic rings. The van der Waals surface area contributed by atoms with E-state index in [1.54, 1.807) is 13.1 Å². The highest BCUT2D eigenvalue weighted by atomic mass is 16.2. The fraction of sp³-hybridized carbons (Fsp3) is 0.391. The lowest BCUT2D eigenvalue weighted by atomic mass is 9.97. The lowest BCUT2D eigenvalue weighted by Gasteiger charge is -2.35. The molecule has 3 aromatic rings. The van der Waals surface area contributed by atoms with E-state index in [0.29, 0.717) is 30.4 Å². The predicted octanol–water partition coefficient (Wildman–Crippen LogP) is 2.32. The molecule has 7 nitrogen and oxygen atoms in total.